The molecule has 4 nitrogen and oxygen atoms in total. The maximum Gasteiger partial charge on any atom is 0.168 e. The number of thioether (sulfide) groups is 2. The highest BCUT2D eigenvalue weighted by Crippen LogP contribution is 2.53. The first-order valence-corrected chi connectivity index (χ1v) is 17.7. The Hall–Kier alpha value is -2.66. The summed E-state index contributed by atoms with van der Waals surface area (Å²) in [5, 5.41) is 8.26. The van der Waals surface area contributed by atoms with Crippen LogP contribution in [0, 0.1) is 23.5 Å². The summed E-state index contributed by atoms with van der Waals surface area (Å²) < 4.78 is 30.4. The van der Waals surface area contributed by atoms with Gasteiger partial charge in [-0.1, -0.05) is 37.4 Å². The van der Waals surface area contributed by atoms with Crippen LogP contribution in [0.25, 0.3) is 31.6 Å². The Morgan fingerprint density at radius 2 is 1.31 bits per heavy atom. The molecule has 9 rings (SSSR count). The van der Waals surface area contributed by atoms with Gasteiger partial charge >= 0.3 is 0 Å². The zero-order valence-electron chi connectivity index (χ0n) is 23.2. The molecule has 0 atom stereocenters. The van der Waals surface area contributed by atoms with Gasteiger partial charge in [-0.25, -0.2) is 8.78 Å². The molecule has 0 N–H and O–H groups in total. The zero-order valence-corrected chi connectivity index (χ0v) is 26.5. The van der Waals surface area contributed by atoms with Crippen molar-refractivity contribution in [3.63, 3.8) is 0 Å². The van der Waals surface area contributed by atoms with Crippen molar-refractivity contribution in [1.29, 1.82) is 0 Å². The van der Waals surface area contributed by atoms with Gasteiger partial charge in [0.25, 0.3) is 0 Å². The van der Waals surface area contributed by atoms with E-state index in [0.29, 0.717) is 11.8 Å². The van der Waals surface area contributed by atoms with Crippen LogP contribution in [0.5, 0.6) is 0 Å². The van der Waals surface area contributed by atoms with Crippen molar-refractivity contribution in [3.8, 4) is 0 Å². The number of benzene rings is 2. The summed E-state index contributed by atoms with van der Waals surface area (Å²) in [7, 11) is 0. The van der Waals surface area contributed by atoms with E-state index in [2.05, 4.69) is 33.6 Å². The first-order valence-electron chi connectivity index (χ1n) is 14.3. The van der Waals surface area contributed by atoms with Crippen LogP contribution in [0.1, 0.15) is 37.8 Å². The van der Waals surface area contributed by atoms with Crippen molar-refractivity contribution in [1.82, 2.24) is 9.80 Å². The molecule has 0 radical (unpaired) electrons. The van der Waals surface area contributed by atoms with Crippen LogP contribution in [0.3, 0.4) is 0 Å². The van der Waals surface area contributed by atoms with Crippen LogP contribution in [-0.2, 0) is 0 Å². The van der Waals surface area contributed by atoms with Crippen molar-refractivity contribution >= 4 is 88.1 Å². The molecular weight excluding hydrogens is 607 g/mol. The quantitative estimate of drug-likeness (QED) is 0.224. The summed E-state index contributed by atoms with van der Waals surface area (Å²) in [6, 6.07) is 10.6. The summed E-state index contributed by atoms with van der Waals surface area (Å²) in [6.07, 6.45) is 2.52. The Labute approximate surface area is 259 Å². The maximum atomic E-state index is 14.0. The molecule has 0 unspecified atom stereocenters. The van der Waals surface area contributed by atoms with Crippen LogP contribution in [0.2, 0.25) is 0 Å². The van der Waals surface area contributed by atoms with E-state index >= 15 is 0 Å². The number of fused-ring (bicyclic) bond motifs is 4. The van der Waals surface area contributed by atoms with E-state index in [-0.39, 0.29) is 11.6 Å². The summed E-state index contributed by atoms with van der Waals surface area (Å²) in [6.45, 7) is 7.90. The number of hydrogen-bond donors (Lipinski definition) is 0. The van der Waals surface area contributed by atoms with E-state index in [9.17, 15) is 8.78 Å². The van der Waals surface area contributed by atoms with Crippen molar-refractivity contribution in [3.05, 3.63) is 79.7 Å². The van der Waals surface area contributed by atoms with Crippen molar-refractivity contribution in [2.45, 2.75) is 26.7 Å². The fourth-order valence-electron chi connectivity index (χ4n) is 6.01. The zero-order chi connectivity index (χ0) is 28.5. The van der Waals surface area contributed by atoms with Crippen LogP contribution in [-0.4, -0.2) is 46.3 Å². The fourth-order valence-corrected chi connectivity index (χ4v) is 10.4. The third-order valence-corrected chi connectivity index (χ3v) is 12.6. The van der Waals surface area contributed by atoms with Crippen LogP contribution in [0.4, 0.5) is 8.78 Å². The lowest BCUT2D eigenvalue weighted by Crippen LogP contribution is -2.20. The summed E-state index contributed by atoms with van der Waals surface area (Å²) in [5.74, 6) is 0.766. The molecule has 5 aliphatic rings. The Morgan fingerprint density at radius 3 is 1.88 bits per heavy atom. The van der Waals surface area contributed by atoms with Gasteiger partial charge in [0.15, 0.2) is 10.3 Å². The number of amidine groups is 2. The Bertz CT molecular complexity index is 1750. The fraction of sp³-hybridized carbons (Fsp3) is 0.312. The van der Waals surface area contributed by atoms with Gasteiger partial charge in [0.05, 0.1) is 24.5 Å². The third-order valence-electron chi connectivity index (χ3n) is 8.03. The van der Waals surface area contributed by atoms with E-state index in [1.165, 1.54) is 43.4 Å². The lowest BCUT2D eigenvalue weighted by atomic mass is 10.0. The molecule has 10 heteroatoms. The molecule has 1 saturated carbocycles. The minimum Gasteiger partial charge on any atom is -0.318 e. The standard InChI is InChI=1S/C16H13FN2S2.C16H15FN2S2/c17-11-7-10-3-6-20-14(10)12(8-11)13-15(9-1-2-9)21-16-18-4-5-19(13)16;1-9(2)14-13(19-5-4-18-16(19)21-14)12-8-11(17)7-10-3-6-20-15(10)12/h3,6-9H,1-2,4-5H2;3,6-9H,4-5H2,1-2H3. The second kappa shape index (κ2) is 10.5. The molecule has 4 aromatic rings. The molecule has 6 heterocycles. The highest BCUT2D eigenvalue weighted by molar-refractivity contribution is 8.18. The average Bonchev–Trinajstić information content (AvgIpc) is 3.56. The minimum atomic E-state index is -0.166. The molecular formula is C32H28F2N4S4. The van der Waals surface area contributed by atoms with E-state index in [1.54, 1.807) is 58.7 Å². The summed E-state index contributed by atoms with van der Waals surface area (Å²) in [5.41, 5.74) is 4.47. The predicted molar refractivity (Wildman–Crippen MR) is 178 cm³/mol. The normalized spacial score (nSPS) is 19.7. The largest absolute Gasteiger partial charge is 0.318 e. The van der Waals surface area contributed by atoms with Gasteiger partial charge in [-0.15, -0.1) is 22.7 Å². The number of halogens is 2. The second-order valence-corrected chi connectivity index (χ2v) is 15.1. The number of rotatable bonds is 4. The highest BCUT2D eigenvalue weighted by atomic mass is 32.2. The topological polar surface area (TPSA) is 31.2 Å². The molecule has 0 spiro atoms. The Balaban J connectivity index is 0.000000127. The second-order valence-electron chi connectivity index (χ2n) is 11.3. The van der Waals surface area contributed by atoms with Crippen molar-refractivity contribution in [2.24, 2.45) is 21.8 Å². The van der Waals surface area contributed by atoms with Crippen molar-refractivity contribution in [2.75, 3.05) is 26.2 Å². The predicted octanol–water partition coefficient (Wildman–Crippen LogP) is 9.32. The van der Waals surface area contributed by atoms with Crippen LogP contribution < -0.4 is 0 Å². The monoisotopic (exact) mass is 634 g/mol. The van der Waals surface area contributed by atoms with E-state index in [4.69, 9.17) is 0 Å². The van der Waals surface area contributed by atoms with Crippen LogP contribution >= 0.6 is 46.2 Å². The lowest BCUT2D eigenvalue weighted by molar-refractivity contribution is 0.623. The van der Waals surface area contributed by atoms with E-state index < -0.39 is 0 Å². The number of hydrogen-bond acceptors (Lipinski definition) is 8. The molecule has 4 aliphatic heterocycles. The van der Waals surface area contributed by atoms with Gasteiger partial charge in [-0.05, 0) is 82.6 Å². The smallest absolute Gasteiger partial charge is 0.168 e. The molecule has 214 valence electrons. The molecule has 1 aliphatic carbocycles. The Kier molecular flexibility index (Phi) is 6.73. The van der Waals surface area contributed by atoms with Gasteiger partial charge in [-0.2, -0.15) is 0 Å². The van der Waals surface area contributed by atoms with Crippen LogP contribution in [0.15, 0.2) is 67.0 Å². The molecule has 2 aromatic heterocycles. The van der Waals surface area contributed by atoms with Gasteiger partial charge in [0.2, 0.25) is 0 Å². The third kappa shape index (κ3) is 4.53. The van der Waals surface area contributed by atoms with E-state index in [0.717, 1.165) is 58.4 Å². The van der Waals surface area contributed by atoms with Gasteiger partial charge in [0.1, 0.15) is 11.6 Å². The molecule has 0 amide bonds. The van der Waals surface area contributed by atoms with Gasteiger partial charge in [-0.3, -0.25) is 9.98 Å². The summed E-state index contributed by atoms with van der Waals surface area (Å²) in [4.78, 5) is 16.4. The van der Waals surface area contributed by atoms with E-state index in [1.807, 2.05) is 34.7 Å². The first kappa shape index (κ1) is 26.9. The summed E-state index contributed by atoms with van der Waals surface area (Å²) >= 11 is 6.94. The molecule has 42 heavy (non-hydrogen) atoms. The highest BCUT2D eigenvalue weighted by Gasteiger charge is 2.41. The number of nitrogens with zero attached hydrogens (tertiary/aromatic N) is 4. The molecule has 0 bridgehead atoms. The minimum absolute atomic E-state index is 0.145. The number of allylic oxidation sites excluding steroid dienone is 2. The van der Waals surface area contributed by atoms with Crippen molar-refractivity contribution < 1.29 is 8.78 Å². The molecule has 1 fully saturated rings. The first-order chi connectivity index (χ1) is 20.5. The molecule has 2 aromatic carbocycles. The number of aliphatic imine (C=N–C) groups is 2. The lowest BCUT2D eigenvalue weighted by Gasteiger charge is -2.19. The van der Waals surface area contributed by atoms with Gasteiger partial charge < -0.3 is 9.80 Å². The number of thiophene rings is 2. The Morgan fingerprint density at radius 1 is 0.762 bits per heavy atom. The maximum absolute atomic E-state index is 14.0. The molecule has 0 saturated heterocycles. The SMILES string of the molecule is CC(C)C1=C(c2cc(F)cc3ccsc23)N2CCN=C2S1.Fc1cc(C2=C(C3CC3)SC3=NCCN32)c2sccc2c1. The van der Waals surface area contributed by atoms with Gasteiger partial charge in [0, 0.05) is 43.4 Å². The average molecular weight is 635 g/mol.